The monoisotopic (exact) mass is 357 g/mol. The molecule has 0 aliphatic heterocycles. The van der Waals surface area contributed by atoms with Crippen molar-refractivity contribution in [3.63, 3.8) is 0 Å². The van der Waals surface area contributed by atoms with E-state index in [4.69, 9.17) is 0 Å². The van der Waals surface area contributed by atoms with E-state index in [1.54, 1.807) is 0 Å². The predicted octanol–water partition coefficient (Wildman–Crippen LogP) is 0.217. The van der Waals surface area contributed by atoms with Crippen LogP contribution < -0.4 is 18.9 Å². The zero-order valence-corrected chi connectivity index (χ0v) is 16.0. The SMILES string of the molecule is CC(C)CC(C(=O)O)N(Cc1ccc2ccccc2c1)S(C)(=O)=O.[H-].[Li+]. The van der Waals surface area contributed by atoms with Gasteiger partial charge < -0.3 is 6.53 Å². The van der Waals surface area contributed by atoms with Gasteiger partial charge in [0.2, 0.25) is 10.0 Å². The molecule has 0 aromatic heterocycles. The molecule has 132 valence electrons. The smallest absolute Gasteiger partial charge is 1.00 e. The van der Waals surface area contributed by atoms with Gasteiger partial charge in [-0.05, 0) is 34.7 Å². The molecule has 2 aromatic rings. The molecule has 0 fully saturated rings. The topological polar surface area (TPSA) is 74.7 Å². The molecule has 1 atom stereocenters. The zero-order valence-electron chi connectivity index (χ0n) is 16.1. The van der Waals surface area contributed by atoms with Gasteiger partial charge in [0.05, 0.1) is 6.26 Å². The molecule has 2 aromatic carbocycles. The average molecular weight is 357 g/mol. The maximum atomic E-state index is 12.2. The Balaban J connectivity index is 0.00000312. The Hall–Kier alpha value is -1.32. The van der Waals surface area contributed by atoms with Crippen molar-refractivity contribution in [2.45, 2.75) is 32.9 Å². The van der Waals surface area contributed by atoms with E-state index in [1.807, 2.05) is 56.3 Å². The molecule has 0 heterocycles. The quantitative estimate of drug-likeness (QED) is 0.720. The number of carboxylic acid groups (broad SMARTS) is 1. The number of hydrogen-bond donors (Lipinski definition) is 1. The van der Waals surface area contributed by atoms with Crippen molar-refractivity contribution in [1.82, 2.24) is 4.31 Å². The van der Waals surface area contributed by atoms with Crippen LogP contribution in [0.5, 0.6) is 0 Å². The van der Waals surface area contributed by atoms with Crippen LogP contribution in [0.3, 0.4) is 0 Å². The van der Waals surface area contributed by atoms with Gasteiger partial charge in [-0.15, -0.1) is 0 Å². The largest absolute Gasteiger partial charge is 1.00 e. The first-order valence-electron chi connectivity index (χ1n) is 7.86. The van der Waals surface area contributed by atoms with Gasteiger partial charge in [-0.1, -0.05) is 50.2 Å². The molecule has 0 amide bonds. The Morgan fingerprint density at radius 3 is 2.28 bits per heavy atom. The van der Waals surface area contributed by atoms with Crippen LogP contribution in [0.15, 0.2) is 42.5 Å². The minimum absolute atomic E-state index is 0. The predicted molar refractivity (Wildman–Crippen MR) is 96.3 cm³/mol. The van der Waals surface area contributed by atoms with Crippen molar-refractivity contribution in [3.8, 4) is 0 Å². The minimum Gasteiger partial charge on any atom is -1.00 e. The van der Waals surface area contributed by atoms with Crippen molar-refractivity contribution in [2.75, 3.05) is 6.26 Å². The minimum atomic E-state index is -3.65. The Morgan fingerprint density at radius 2 is 1.76 bits per heavy atom. The van der Waals surface area contributed by atoms with Crippen molar-refractivity contribution in [3.05, 3.63) is 48.0 Å². The van der Waals surface area contributed by atoms with Crippen LogP contribution >= 0.6 is 0 Å². The number of aliphatic carboxylic acids is 1. The molecule has 7 heteroatoms. The van der Waals surface area contributed by atoms with E-state index in [0.29, 0.717) is 0 Å². The fourth-order valence-electron chi connectivity index (χ4n) is 2.76. The molecule has 2 rings (SSSR count). The van der Waals surface area contributed by atoms with E-state index in [-0.39, 0.29) is 39.2 Å². The van der Waals surface area contributed by atoms with E-state index in [9.17, 15) is 18.3 Å². The van der Waals surface area contributed by atoms with Gasteiger partial charge in [-0.3, -0.25) is 4.79 Å². The summed E-state index contributed by atoms with van der Waals surface area (Å²) in [5.41, 5.74) is 0.772. The zero-order chi connectivity index (χ0) is 17.9. The van der Waals surface area contributed by atoms with Gasteiger partial charge >= 0.3 is 24.8 Å². The van der Waals surface area contributed by atoms with Crippen LogP contribution in [-0.2, 0) is 21.4 Å². The summed E-state index contributed by atoms with van der Waals surface area (Å²) >= 11 is 0. The number of sulfonamides is 1. The molecule has 1 unspecified atom stereocenters. The summed E-state index contributed by atoms with van der Waals surface area (Å²) in [7, 11) is -3.65. The van der Waals surface area contributed by atoms with Crippen molar-refractivity contribution in [1.29, 1.82) is 0 Å². The van der Waals surface area contributed by atoms with E-state index < -0.39 is 22.0 Å². The third-order valence-corrected chi connectivity index (χ3v) is 5.14. The average Bonchev–Trinajstić information content (AvgIpc) is 2.49. The third kappa shape index (κ3) is 5.86. The molecule has 0 radical (unpaired) electrons. The summed E-state index contributed by atoms with van der Waals surface area (Å²) in [6.07, 6.45) is 1.33. The van der Waals surface area contributed by atoms with Gasteiger partial charge in [0.25, 0.3) is 0 Å². The molecular formula is C18H24LiNO4S. The van der Waals surface area contributed by atoms with Gasteiger partial charge in [0, 0.05) is 6.54 Å². The summed E-state index contributed by atoms with van der Waals surface area (Å²) < 4.78 is 25.5. The number of fused-ring (bicyclic) bond motifs is 1. The first kappa shape index (κ1) is 21.7. The van der Waals surface area contributed by atoms with Crippen molar-refractivity contribution in [2.24, 2.45) is 5.92 Å². The Kier molecular flexibility index (Phi) is 7.70. The Bertz CT molecular complexity index is 842. The summed E-state index contributed by atoms with van der Waals surface area (Å²) in [5, 5.41) is 11.6. The third-order valence-electron chi connectivity index (χ3n) is 3.91. The van der Waals surface area contributed by atoms with Crippen molar-refractivity contribution < 1.29 is 38.6 Å². The fraction of sp³-hybridized carbons (Fsp3) is 0.389. The van der Waals surface area contributed by atoms with Gasteiger partial charge in [0.15, 0.2) is 0 Å². The maximum Gasteiger partial charge on any atom is 1.00 e. The molecule has 1 N–H and O–H groups in total. The molecule has 25 heavy (non-hydrogen) atoms. The first-order valence-corrected chi connectivity index (χ1v) is 9.70. The number of rotatable bonds is 7. The maximum absolute atomic E-state index is 12.2. The van der Waals surface area contributed by atoms with E-state index in [2.05, 4.69) is 0 Å². The first-order chi connectivity index (χ1) is 11.2. The molecule has 0 spiro atoms. The molecule has 0 aliphatic carbocycles. The standard InChI is InChI=1S/C18H23NO4S.Li.H/c1-13(2)10-17(18(20)21)19(24(3,22)23)12-14-8-9-15-6-4-5-7-16(15)11-14;;/h4-9,11,13,17H,10,12H2,1-3H3,(H,20,21);;/q;+1;-1. The molecule has 0 aliphatic rings. The van der Waals surface area contributed by atoms with Gasteiger partial charge in [-0.25, -0.2) is 8.42 Å². The number of carboxylic acids is 1. The van der Waals surface area contributed by atoms with Crippen LogP contribution in [0.2, 0.25) is 0 Å². The van der Waals surface area contributed by atoms with Gasteiger partial charge in [0.1, 0.15) is 6.04 Å². The molecule has 0 saturated carbocycles. The normalized spacial score (nSPS) is 13.0. The summed E-state index contributed by atoms with van der Waals surface area (Å²) in [6, 6.07) is 12.4. The number of benzene rings is 2. The van der Waals surface area contributed by atoms with Crippen LogP contribution in [-0.4, -0.2) is 36.1 Å². The molecule has 5 nitrogen and oxygen atoms in total. The number of nitrogens with zero attached hydrogens (tertiary/aromatic N) is 1. The second-order valence-electron chi connectivity index (χ2n) is 6.47. The second kappa shape index (κ2) is 8.86. The summed E-state index contributed by atoms with van der Waals surface area (Å²) in [4.78, 5) is 11.6. The van der Waals surface area contributed by atoms with Crippen LogP contribution in [0.4, 0.5) is 0 Å². The van der Waals surface area contributed by atoms with Crippen molar-refractivity contribution >= 4 is 26.8 Å². The van der Waals surface area contributed by atoms with Gasteiger partial charge in [-0.2, -0.15) is 4.31 Å². The van der Waals surface area contributed by atoms with E-state index >= 15 is 0 Å². The number of hydrogen-bond acceptors (Lipinski definition) is 3. The van der Waals surface area contributed by atoms with E-state index in [0.717, 1.165) is 26.9 Å². The number of carbonyl (C=O) groups is 1. The summed E-state index contributed by atoms with van der Waals surface area (Å²) in [5.74, 6) is -1.04. The van der Waals surface area contributed by atoms with Crippen LogP contribution in [0.1, 0.15) is 27.3 Å². The van der Waals surface area contributed by atoms with Crippen LogP contribution in [0, 0.1) is 5.92 Å². The summed E-state index contributed by atoms with van der Waals surface area (Å²) in [6.45, 7) is 3.81. The molecule has 0 saturated heterocycles. The molecule has 0 bridgehead atoms. The fourth-order valence-corrected chi connectivity index (χ4v) is 3.79. The Labute approximate surface area is 162 Å². The second-order valence-corrected chi connectivity index (χ2v) is 8.41. The van der Waals surface area contributed by atoms with Crippen LogP contribution in [0.25, 0.3) is 10.8 Å². The Morgan fingerprint density at radius 1 is 1.16 bits per heavy atom. The molecular weight excluding hydrogens is 333 g/mol. The van der Waals surface area contributed by atoms with E-state index in [1.165, 1.54) is 0 Å².